The summed E-state index contributed by atoms with van der Waals surface area (Å²) in [5.41, 5.74) is 5.10. The molecule has 0 aromatic rings. The van der Waals surface area contributed by atoms with E-state index in [-0.39, 0.29) is 5.91 Å². The van der Waals surface area contributed by atoms with E-state index in [0.29, 0.717) is 6.42 Å². The van der Waals surface area contributed by atoms with E-state index in [4.69, 9.17) is 5.73 Å². The van der Waals surface area contributed by atoms with Crippen molar-refractivity contribution in [3.05, 3.63) is 0 Å². The first kappa shape index (κ1) is 13.4. The minimum Gasteiger partial charge on any atom is -0.370 e. The molecule has 2 N–H and O–H groups in total. The molecule has 0 bridgehead atoms. The average Bonchev–Trinajstić information content (AvgIpc) is 2.10. The molecule has 0 saturated heterocycles. The largest absolute Gasteiger partial charge is 0.370 e. The number of amides is 1. The lowest BCUT2D eigenvalue weighted by Crippen LogP contribution is -2.30. The van der Waals surface area contributed by atoms with Crippen LogP contribution in [0.1, 0.15) is 19.8 Å². The number of rotatable bonds is 8. The molecule has 0 aromatic carbocycles. The third kappa shape index (κ3) is 8.01. The molecule has 4 nitrogen and oxygen atoms in total. The number of hydrogen-bond donors (Lipinski definition) is 1. The molecule has 1 amide bonds. The number of carbonyl (C=O) groups excluding carboxylic acids is 1. The van der Waals surface area contributed by atoms with Crippen molar-refractivity contribution in [1.82, 2.24) is 9.80 Å². The van der Waals surface area contributed by atoms with Gasteiger partial charge in [0.15, 0.2) is 0 Å². The van der Waals surface area contributed by atoms with Gasteiger partial charge in [0.2, 0.25) is 5.91 Å². The summed E-state index contributed by atoms with van der Waals surface area (Å²) in [5, 5.41) is 0. The maximum atomic E-state index is 10.6. The van der Waals surface area contributed by atoms with Gasteiger partial charge in [-0.25, -0.2) is 0 Å². The highest BCUT2D eigenvalue weighted by Gasteiger charge is 2.03. The number of primary amides is 1. The number of carbonyl (C=O) groups is 1. The van der Waals surface area contributed by atoms with Crippen LogP contribution in [0.5, 0.6) is 0 Å². The van der Waals surface area contributed by atoms with Crippen LogP contribution < -0.4 is 5.73 Å². The van der Waals surface area contributed by atoms with E-state index in [0.717, 1.165) is 32.6 Å². The molecule has 4 heteroatoms. The van der Waals surface area contributed by atoms with E-state index in [2.05, 4.69) is 30.8 Å². The summed E-state index contributed by atoms with van der Waals surface area (Å²) in [4.78, 5) is 15.0. The molecule has 0 aliphatic heterocycles. The van der Waals surface area contributed by atoms with E-state index in [1.807, 2.05) is 0 Å². The van der Waals surface area contributed by atoms with Gasteiger partial charge in [-0.3, -0.25) is 4.79 Å². The Bertz CT molecular complexity index is 159. The minimum atomic E-state index is -0.212. The second kappa shape index (κ2) is 7.76. The summed E-state index contributed by atoms with van der Waals surface area (Å²) in [6, 6.07) is 0. The van der Waals surface area contributed by atoms with Crippen LogP contribution >= 0.6 is 0 Å². The highest BCUT2D eigenvalue weighted by molar-refractivity contribution is 5.73. The summed E-state index contributed by atoms with van der Waals surface area (Å²) in [7, 11) is 4.14. The Hall–Kier alpha value is -0.610. The molecule has 0 unspecified atom stereocenters. The normalized spacial score (nSPS) is 11.2. The molecule has 0 spiro atoms. The quantitative estimate of drug-likeness (QED) is 0.607. The zero-order valence-electron chi connectivity index (χ0n) is 9.62. The lowest BCUT2D eigenvalue weighted by atomic mass is 10.3. The van der Waals surface area contributed by atoms with Crippen molar-refractivity contribution in [3.8, 4) is 0 Å². The fourth-order valence-corrected chi connectivity index (χ4v) is 1.31. The summed E-state index contributed by atoms with van der Waals surface area (Å²) < 4.78 is 0. The van der Waals surface area contributed by atoms with Crippen LogP contribution in [0.3, 0.4) is 0 Å². The summed E-state index contributed by atoms with van der Waals surface area (Å²) in [6.45, 7) is 6.02. The highest BCUT2D eigenvalue weighted by atomic mass is 16.1. The number of nitrogens with two attached hydrogens (primary N) is 1. The van der Waals surface area contributed by atoms with Gasteiger partial charge >= 0.3 is 0 Å². The maximum Gasteiger partial charge on any atom is 0.218 e. The van der Waals surface area contributed by atoms with Gasteiger partial charge in [-0.15, -0.1) is 0 Å². The van der Waals surface area contributed by atoms with Crippen molar-refractivity contribution >= 4 is 5.91 Å². The molecule has 84 valence electrons. The molecule has 0 atom stereocenters. The van der Waals surface area contributed by atoms with Gasteiger partial charge in [0.05, 0.1) is 0 Å². The van der Waals surface area contributed by atoms with E-state index in [9.17, 15) is 4.79 Å². The van der Waals surface area contributed by atoms with Gasteiger partial charge in [-0.05, 0) is 40.2 Å². The summed E-state index contributed by atoms with van der Waals surface area (Å²) >= 11 is 0. The lowest BCUT2D eigenvalue weighted by Gasteiger charge is -2.20. The Kier molecular flexibility index (Phi) is 7.42. The molecule has 0 fully saturated rings. The predicted octanol–water partition coefficient (Wildman–Crippen LogP) is 0.135. The average molecular weight is 201 g/mol. The highest BCUT2D eigenvalue weighted by Crippen LogP contribution is 1.94. The third-order valence-corrected chi connectivity index (χ3v) is 2.20. The monoisotopic (exact) mass is 201 g/mol. The fourth-order valence-electron chi connectivity index (χ4n) is 1.31. The maximum absolute atomic E-state index is 10.6. The Morgan fingerprint density at radius 2 is 1.86 bits per heavy atom. The van der Waals surface area contributed by atoms with Gasteiger partial charge in [-0.2, -0.15) is 0 Å². The van der Waals surface area contributed by atoms with Crippen LogP contribution in [0, 0.1) is 0 Å². The van der Waals surface area contributed by atoms with Crippen molar-refractivity contribution in [1.29, 1.82) is 0 Å². The second-order valence-electron chi connectivity index (χ2n) is 3.81. The molecule has 0 aromatic heterocycles. The van der Waals surface area contributed by atoms with E-state index < -0.39 is 0 Å². The van der Waals surface area contributed by atoms with Crippen LogP contribution in [-0.4, -0.2) is 56.0 Å². The van der Waals surface area contributed by atoms with Crippen LogP contribution in [0.25, 0.3) is 0 Å². The first-order valence-corrected chi connectivity index (χ1v) is 5.21. The molecule has 0 aliphatic rings. The van der Waals surface area contributed by atoms with Crippen molar-refractivity contribution in [2.24, 2.45) is 5.73 Å². The minimum absolute atomic E-state index is 0.212. The standard InChI is InChI=1S/C10H23N3O/c1-4-13(9-6-10(11)14)8-5-7-12(2)3/h4-9H2,1-3H3,(H2,11,14). The van der Waals surface area contributed by atoms with Crippen molar-refractivity contribution in [2.45, 2.75) is 19.8 Å². The van der Waals surface area contributed by atoms with Crippen LogP contribution in [0.2, 0.25) is 0 Å². The van der Waals surface area contributed by atoms with Crippen molar-refractivity contribution in [3.63, 3.8) is 0 Å². The Morgan fingerprint density at radius 1 is 1.21 bits per heavy atom. The Balaban J connectivity index is 3.52. The molecule has 0 saturated carbocycles. The van der Waals surface area contributed by atoms with Gasteiger partial charge < -0.3 is 15.5 Å². The lowest BCUT2D eigenvalue weighted by molar-refractivity contribution is -0.118. The number of hydrogen-bond acceptors (Lipinski definition) is 3. The van der Waals surface area contributed by atoms with E-state index in [1.165, 1.54) is 0 Å². The smallest absolute Gasteiger partial charge is 0.218 e. The van der Waals surface area contributed by atoms with Crippen LogP contribution in [0.15, 0.2) is 0 Å². The molecule has 14 heavy (non-hydrogen) atoms. The van der Waals surface area contributed by atoms with Gasteiger partial charge in [0.1, 0.15) is 0 Å². The van der Waals surface area contributed by atoms with Gasteiger partial charge in [0.25, 0.3) is 0 Å². The molecular weight excluding hydrogens is 178 g/mol. The zero-order chi connectivity index (χ0) is 11.0. The Labute approximate surface area is 87.0 Å². The van der Waals surface area contributed by atoms with E-state index >= 15 is 0 Å². The third-order valence-electron chi connectivity index (χ3n) is 2.20. The molecule has 0 rings (SSSR count). The predicted molar refractivity (Wildman–Crippen MR) is 59.1 cm³/mol. The fraction of sp³-hybridized carbons (Fsp3) is 0.900. The first-order chi connectivity index (χ1) is 6.56. The van der Waals surface area contributed by atoms with Gasteiger partial charge in [-0.1, -0.05) is 6.92 Å². The summed E-state index contributed by atoms with van der Waals surface area (Å²) in [5.74, 6) is -0.212. The SMILES string of the molecule is CCN(CCCN(C)C)CCC(N)=O. The van der Waals surface area contributed by atoms with Crippen LogP contribution in [-0.2, 0) is 4.79 Å². The molecule has 0 heterocycles. The van der Waals surface area contributed by atoms with E-state index in [1.54, 1.807) is 0 Å². The molecule has 0 aliphatic carbocycles. The van der Waals surface area contributed by atoms with Crippen molar-refractivity contribution in [2.75, 3.05) is 40.3 Å². The molecule has 0 radical (unpaired) electrons. The zero-order valence-corrected chi connectivity index (χ0v) is 9.62. The van der Waals surface area contributed by atoms with Crippen molar-refractivity contribution < 1.29 is 4.79 Å². The number of nitrogens with zero attached hydrogens (tertiary/aromatic N) is 2. The topological polar surface area (TPSA) is 49.6 Å². The molecular formula is C10H23N3O. The first-order valence-electron chi connectivity index (χ1n) is 5.21. The van der Waals surface area contributed by atoms with Crippen LogP contribution in [0.4, 0.5) is 0 Å². The summed E-state index contributed by atoms with van der Waals surface area (Å²) in [6.07, 6.45) is 1.61. The second-order valence-corrected chi connectivity index (χ2v) is 3.81. The van der Waals surface area contributed by atoms with Gasteiger partial charge in [0, 0.05) is 13.0 Å². The Morgan fingerprint density at radius 3 is 2.29 bits per heavy atom.